The highest BCUT2D eigenvalue weighted by molar-refractivity contribution is 6.67. The van der Waals surface area contributed by atoms with Crippen LogP contribution in [0.5, 0.6) is 5.75 Å². The Kier molecular flexibility index (Phi) is 11.5. The Morgan fingerprint density at radius 1 is 0.479 bits per heavy atom. The predicted molar refractivity (Wildman–Crippen MR) is 135 cm³/mol. The molecule has 0 saturated carbocycles. The molecule has 274 valence electrons. The molecule has 0 aliphatic rings. The molecular weight excluding hydrogens is 846 g/mol. The molecule has 1 aromatic heterocycles. The van der Waals surface area contributed by atoms with Crippen LogP contribution in [0.1, 0.15) is 18.1 Å². The second-order valence-corrected chi connectivity index (χ2v) is 13.6. The van der Waals surface area contributed by atoms with Gasteiger partial charge in [0.05, 0.1) is 13.0 Å². The molecule has 2 rings (SSSR count). The quantitative estimate of drug-likeness (QED) is 0.167. The molecule has 1 aromatic carbocycles. The van der Waals surface area contributed by atoms with Gasteiger partial charge in [-0.15, -0.1) is 0 Å². The van der Waals surface area contributed by atoms with E-state index in [1.165, 1.54) is 0 Å². The van der Waals surface area contributed by atoms with Gasteiger partial charge >= 0.3 is 47.6 Å². The number of halogens is 23. The first-order valence-electron chi connectivity index (χ1n) is 11.4. The van der Waals surface area contributed by atoms with Gasteiger partial charge in [-0.25, -0.2) is 15.0 Å². The fourth-order valence-electron chi connectivity index (χ4n) is 3.11. The van der Waals surface area contributed by atoms with E-state index in [9.17, 15) is 74.6 Å². The fourth-order valence-corrected chi connectivity index (χ4v) is 3.62. The Morgan fingerprint density at radius 2 is 0.833 bits per heavy atom. The van der Waals surface area contributed by atoms with Crippen LogP contribution >= 0.6 is 69.6 Å². The molecular formula is C21H8Cl6F17N3O. The van der Waals surface area contributed by atoms with Crippen molar-refractivity contribution in [1.82, 2.24) is 15.0 Å². The van der Waals surface area contributed by atoms with E-state index in [0.29, 0.717) is 0 Å². The van der Waals surface area contributed by atoms with E-state index in [2.05, 4.69) is 19.7 Å². The van der Waals surface area contributed by atoms with Crippen molar-refractivity contribution < 1.29 is 79.4 Å². The number of hydrogen-bond donors (Lipinski definition) is 0. The summed E-state index contributed by atoms with van der Waals surface area (Å²) < 4.78 is 228. The maximum Gasteiger partial charge on any atom is 0.460 e. The second kappa shape index (κ2) is 13.0. The lowest BCUT2D eigenvalue weighted by molar-refractivity contribution is -0.461. The molecule has 48 heavy (non-hydrogen) atoms. The molecule has 0 bridgehead atoms. The molecule has 0 saturated heterocycles. The summed E-state index contributed by atoms with van der Waals surface area (Å²) >= 11 is 34.2. The summed E-state index contributed by atoms with van der Waals surface area (Å²) in [6.45, 7) is -1.86. The van der Waals surface area contributed by atoms with Crippen LogP contribution in [0.15, 0.2) is 24.3 Å². The number of benzene rings is 1. The molecule has 0 aliphatic heterocycles. The standard InChI is InChI=1S/C21H8Cl6F17N3O/c22-13(23,24)10-45-9(46-11(47-10)14(25,26)27)7-1-3-8(4-2-7)48-6-5-12(28,29)15(30,31)16(32,33)17(34,35)18(36,37)19(38,39)20(40,41)21(42,43)44/h1-4H,5-6H2. The first-order chi connectivity index (χ1) is 21.0. The zero-order valence-corrected chi connectivity index (χ0v) is 26.2. The van der Waals surface area contributed by atoms with Gasteiger partial charge in [0, 0.05) is 5.56 Å². The Hall–Kier alpha value is -1.42. The molecule has 0 amide bonds. The lowest BCUT2D eigenvalue weighted by atomic mass is 9.88. The molecule has 0 aliphatic carbocycles. The van der Waals surface area contributed by atoms with Crippen molar-refractivity contribution >= 4 is 69.6 Å². The largest absolute Gasteiger partial charge is 0.493 e. The molecule has 4 nitrogen and oxygen atoms in total. The third kappa shape index (κ3) is 7.45. The summed E-state index contributed by atoms with van der Waals surface area (Å²) in [5.74, 6) is -59.2. The smallest absolute Gasteiger partial charge is 0.460 e. The van der Waals surface area contributed by atoms with Gasteiger partial charge in [0.25, 0.3) is 0 Å². The minimum Gasteiger partial charge on any atom is -0.493 e. The summed E-state index contributed by atoms with van der Waals surface area (Å²) in [5, 5.41) is 0. The first kappa shape index (κ1) is 42.7. The van der Waals surface area contributed by atoms with E-state index in [1.54, 1.807) is 0 Å². The number of aromatic nitrogens is 3. The van der Waals surface area contributed by atoms with Gasteiger partial charge in [0.2, 0.25) is 7.59 Å². The maximum absolute atomic E-state index is 14.1. The molecule has 0 radical (unpaired) electrons. The van der Waals surface area contributed by atoms with Crippen molar-refractivity contribution in [3.63, 3.8) is 0 Å². The fraction of sp³-hybridized carbons (Fsp3) is 0.571. The van der Waals surface area contributed by atoms with Crippen LogP contribution in [0.2, 0.25) is 0 Å². The number of alkyl halides is 23. The summed E-state index contributed by atoms with van der Waals surface area (Å²) in [6.07, 6.45) is -10.6. The molecule has 0 unspecified atom stereocenters. The van der Waals surface area contributed by atoms with Crippen LogP contribution in [0.25, 0.3) is 11.4 Å². The molecule has 2 aromatic rings. The van der Waals surface area contributed by atoms with E-state index < -0.39 is 85.6 Å². The normalized spacial score (nSPS) is 15.1. The van der Waals surface area contributed by atoms with Crippen molar-refractivity contribution in [2.75, 3.05) is 6.61 Å². The highest BCUT2D eigenvalue weighted by atomic mass is 35.6. The van der Waals surface area contributed by atoms with Crippen LogP contribution in [-0.2, 0) is 7.59 Å². The Morgan fingerprint density at radius 3 is 1.19 bits per heavy atom. The van der Waals surface area contributed by atoms with Gasteiger partial charge in [-0.05, 0) is 24.3 Å². The minimum atomic E-state index is -8.71. The maximum atomic E-state index is 14.1. The van der Waals surface area contributed by atoms with Gasteiger partial charge < -0.3 is 4.74 Å². The zero-order chi connectivity index (χ0) is 38.0. The Labute approximate surface area is 284 Å². The number of rotatable bonds is 11. The van der Waals surface area contributed by atoms with Gasteiger partial charge in [-0.2, -0.15) is 74.6 Å². The average molecular weight is 854 g/mol. The van der Waals surface area contributed by atoms with Crippen molar-refractivity contribution in [2.45, 2.75) is 61.6 Å². The van der Waals surface area contributed by atoms with Crippen molar-refractivity contribution in [2.24, 2.45) is 0 Å². The van der Waals surface area contributed by atoms with Gasteiger partial charge in [0.15, 0.2) is 17.5 Å². The van der Waals surface area contributed by atoms with Crippen molar-refractivity contribution in [1.29, 1.82) is 0 Å². The second-order valence-electron chi connectivity index (χ2n) is 9.07. The SMILES string of the molecule is FC(F)(F)C(F)(F)C(F)(F)C(F)(F)C(F)(F)C(F)(F)C(F)(F)C(F)(F)CCOc1ccc(-c2nc(C(Cl)(Cl)Cl)nc(C(Cl)(Cl)Cl)n2)cc1. The van der Waals surface area contributed by atoms with Crippen LogP contribution in [-0.4, -0.2) is 69.2 Å². The molecule has 27 heteroatoms. The van der Waals surface area contributed by atoms with E-state index >= 15 is 0 Å². The Bertz CT molecular complexity index is 1430. The lowest BCUT2D eigenvalue weighted by Gasteiger charge is -2.42. The molecule has 0 atom stereocenters. The number of ether oxygens (including phenoxy) is 1. The van der Waals surface area contributed by atoms with Crippen molar-refractivity contribution in [3.05, 3.63) is 35.9 Å². The summed E-state index contributed by atoms with van der Waals surface area (Å²) in [4.78, 5) is 11.2. The molecule has 0 fully saturated rings. The first-order valence-corrected chi connectivity index (χ1v) is 13.6. The van der Waals surface area contributed by atoms with Crippen molar-refractivity contribution in [3.8, 4) is 17.1 Å². The Balaban J connectivity index is 2.32. The zero-order valence-electron chi connectivity index (χ0n) is 21.7. The van der Waals surface area contributed by atoms with Crippen LogP contribution in [0, 0.1) is 0 Å². The lowest BCUT2D eigenvalue weighted by Crippen LogP contribution is -2.74. The highest BCUT2D eigenvalue weighted by Crippen LogP contribution is 2.64. The third-order valence-electron chi connectivity index (χ3n) is 5.73. The van der Waals surface area contributed by atoms with E-state index in [-0.39, 0.29) is 11.4 Å². The summed E-state index contributed by atoms with van der Waals surface area (Å²) in [7, 11) is 0. The molecule has 1 heterocycles. The predicted octanol–water partition coefficient (Wildman–Crippen LogP) is 11.0. The van der Waals surface area contributed by atoms with Gasteiger partial charge in [0.1, 0.15) is 5.75 Å². The average Bonchev–Trinajstić information content (AvgIpc) is 2.90. The van der Waals surface area contributed by atoms with Crippen LogP contribution in [0.4, 0.5) is 74.6 Å². The third-order valence-corrected chi connectivity index (χ3v) is 6.74. The van der Waals surface area contributed by atoms with Gasteiger partial charge in [-0.1, -0.05) is 69.6 Å². The molecule has 0 N–H and O–H groups in total. The van der Waals surface area contributed by atoms with Crippen LogP contribution < -0.4 is 4.74 Å². The van der Waals surface area contributed by atoms with Crippen LogP contribution in [0.3, 0.4) is 0 Å². The summed E-state index contributed by atoms with van der Waals surface area (Å²) in [5.41, 5.74) is -0.0803. The summed E-state index contributed by atoms with van der Waals surface area (Å²) in [6, 6.07) is 3.56. The monoisotopic (exact) mass is 851 g/mol. The minimum absolute atomic E-state index is 0.0803. The number of nitrogens with zero attached hydrogens (tertiary/aromatic N) is 3. The highest BCUT2D eigenvalue weighted by Gasteiger charge is 2.95. The van der Waals surface area contributed by atoms with Gasteiger partial charge in [-0.3, -0.25) is 0 Å². The van der Waals surface area contributed by atoms with E-state index in [4.69, 9.17) is 69.6 Å². The van der Waals surface area contributed by atoms with E-state index in [0.717, 1.165) is 24.3 Å². The van der Waals surface area contributed by atoms with E-state index in [1.807, 2.05) is 0 Å². The topological polar surface area (TPSA) is 47.9 Å². The molecule has 0 spiro atoms. The number of hydrogen-bond acceptors (Lipinski definition) is 4.